The second kappa shape index (κ2) is 6.94. The Labute approximate surface area is 135 Å². The molecule has 0 radical (unpaired) electrons. The minimum absolute atomic E-state index is 0.0814. The zero-order chi connectivity index (χ0) is 16.2. The Bertz CT molecular complexity index is 753. The molecule has 0 heterocycles. The summed E-state index contributed by atoms with van der Waals surface area (Å²) in [6, 6.07) is 13.4. The fraction of sp³-hybridized carbons (Fsp3) is 0.188. The maximum absolute atomic E-state index is 12.1. The van der Waals surface area contributed by atoms with E-state index in [2.05, 4.69) is 4.72 Å². The molecular weight excluding hydrogens is 322 g/mol. The van der Waals surface area contributed by atoms with Gasteiger partial charge < -0.3 is 0 Å². The number of nitrogens with one attached hydrogen (secondary N) is 1. The fourth-order valence-corrected chi connectivity index (χ4v) is 3.03. The minimum atomic E-state index is -3.81. The topological polar surface area (TPSA) is 63.2 Å². The van der Waals surface area contributed by atoms with E-state index in [1.54, 1.807) is 24.3 Å². The van der Waals surface area contributed by atoms with Gasteiger partial charge in [-0.3, -0.25) is 4.79 Å². The molecule has 1 N–H and O–H groups in total. The molecule has 0 saturated carbocycles. The lowest BCUT2D eigenvalue weighted by Crippen LogP contribution is -2.30. The van der Waals surface area contributed by atoms with Crippen LogP contribution in [0.4, 0.5) is 0 Å². The number of sulfonamides is 1. The molecule has 4 nitrogen and oxygen atoms in total. The van der Waals surface area contributed by atoms with Gasteiger partial charge in [0, 0.05) is 11.4 Å². The predicted octanol–water partition coefficient (Wildman–Crippen LogP) is 3.09. The van der Waals surface area contributed by atoms with Crippen molar-refractivity contribution in [1.29, 1.82) is 0 Å². The van der Waals surface area contributed by atoms with Crippen LogP contribution in [0.25, 0.3) is 0 Å². The van der Waals surface area contributed by atoms with Gasteiger partial charge in [-0.15, -0.1) is 0 Å². The third-order valence-corrected chi connectivity index (χ3v) is 4.77. The summed E-state index contributed by atoms with van der Waals surface area (Å²) in [6.45, 7) is 1.86. The number of amides is 1. The number of hydrogen-bond donors (Lipinski definition) is 1. The Hall–Kier alpha value is -1.85. The lowest BCUT2D eigenvalue weighted by molar-refractivity contribution is -0.119. The van der Waals surface area contributed by atoms with Gasteiger partial charge in [0.2, 0.25) is 5.91 Å². The minimum Gasteiger partial charge on any atom is -0.274 e. The molecule has 0 aromatic heterocycles. The third-order valence-electron chi connectivity index (χ3n) is 3.13. The Morgan fingerprint density at radius 3 is 2.23 bits per heavy atom. The molecule has 0 fully saturated rings. The van der Waals surface area contributed by atoms with Crippen LogP contribution >= 0.6 is 11.6 Å². The molecule has 2 rings (SSSR count). The highest BCUT2D eigenvalue weighted by Crippen LogP contribution is 2.12. The highest BCUT2D eigenvalue weighted by Gasteiger charge is 2.17. The van der Waals surface area contributed by atoms with Crippen molar-refractivity contribution >= 4 is 27.5 Å². The molecular formula is C16H16ClNO3S. The van der Waals surface area contributed by atoms with Crippen molar-refractivity contribution in [1.82, 2.24) is 4.72 Å². The van der Waals surface area contributed by atoms with Gasteiger partial charge in [-0.2, -0.15) is 0 Å². The first-order valence-electron chi connectivity index (χ1n) is 6.73. The maximum atomic E-state index is 12.1. The Morgan fingerprint density at radius 2 is 1.64 bits per heavy atom. The molecule has 0 aliphatic carbocycles. The zero-order valence-corrected chi connectivity index (χ0v) is 13.6. The molecule has 0 bridgehead atoms. The van der Waals surface area contributed by atoms with Crippen LogP contribution < -0.4 is 4.72 Å². The summed E-state index contributed by atoms with van der Waals surface area (Å²) < 4.78 is 26.2. The van der Waals surface area contributed by atoms with E-state index in [1.165, 1.54) is 12.1 Å². The van der Waals surface area contributed by atoms with E-state index in [1.807, 2.05) is 19.1 Å². The van der Waals surface area contributed by atoms with Gasteiger partial charge in [0.1, 0.15) is 0 Å². The highest BCUT2D eigenvalue weighted by molar-refractivity contribution is 7.90. The number of aryl methyl sites for hydroxylation is 2. The van der Waals surface area contributed by atoms with Crippen molar-refractivity contribution in [3.05, 3.63) is 64.7 Å². The van der Waals surface area contributed by atoms with E-state index in [0.29, 0.717) is 11.4 Å². The van der Waals surface area contributed by atoms with Gasteiger partial charge in [-0.05, 0) is 43.2 Å². The van der Waals surface area contributed by atoms with E-state index in [-0.39, 0.29) is 11.3 Å². The molecule has 0 aliphatic heterocycles. The van der Waals surface area contributed by atoms with Crippen molar-refractivity contribution in [2.45, 2.75) is 24.7 Å². The number of carbonyl (C=O) groups excluding carboxylic acids is 1. The maximum Gasteiger partial charge on any atom is 0.264 e. The largest absolute Gasteiger partial charge is 0.274 e. The molecule has 116 valence electrons. The van der Waals surface area contributed by atoms with Gasteiger partial charge in [-0.25, -0.2) is 13.1 Å². The molecule has 22 heavy (non-hydrogen) atoms. The first-order chi connectivity index (χ1) is 10.4. The Morgan fingerprint density at radius 1 is 1.05 bits per heavy atom. The van der Waals surface area contributed by atoms with Gasteiger partial charge in [0.15, 0.2) is 0 Å². The normalized spacial score (nSPS) is 11.2. The molecule has 6 heteroatoms. The standard InChI is InChI=1S/C16H16ClNO3S/c1-12-2-9-15(10-3-12)22(20,21)18-16(19)11-6-13-4-7-14(17)8-5-13/h2-5,7-10H,6,11H2,1H3,(H,18,19). The van der Waals surface area contributed by atoms with Crippen molar-refractivity contribution in [2.24, 2.45) is 0 Å². The number of hydrogen-bond acceptors (Lipinski definition) is 3. The average Bonchev–Trinajstić information content (AvgIpc) is 2.46. The summed E-state index contributed by atoms with van der Waals surface area (Å²) >= 11 is 5.78. The number of benzene rings is 2. The van der Waals surface area contributed by atoms with Crippen molar-refractivity contribution in [2.75, 3.05) is 0 Å². The van der Waals surface area contributed by atoms with Crippen LogP contribution in [0.3, 0.4) is 0 Å². The van der Waals surface area contributed by atoms with Crippen LogP contribution in [0, 0.1) is 6.92 Å². The summed E-state index contributed by atoms with van der Waals surface area (Å²) in [6.07, 6.45) is 0.541. The fourth-order valence-electron chi connectivity index (χ4n) is 1.89. The smallest absolute Gasteiger partial charge is 0.264 e. The van der Waals surface area contributed by atoms with Gasteiger partial charge in [-0.1, -0.05) is 41.4 Å². The van der Waals surface area contributed by atoms with E-state index >= 15 is 0 Å². The van der Waals surface area contributed by atoms with Gasteiger partial charge in [0.05, 0.1) is 4.90 Å². The van der Waals surface area contributed by atoms with Crippen molar-refractivity contribution in [3.8, 4) is 0 Å². The van der Waals surface area contributed by atoms with E-state index in [0.717, 1.165) is 11.1 Å². The van der Waals surface area contributed by atoms with Crippen molar-refractivity contribution in [3.63, 3.8) is 0 Å². The second-order valence-electron chi connectivity index (χ2n) is 4.97. The summed E-state index contributed by atoms with van der Waals surface area (Å²) in [5, 5.41) is 0.621. The quantitative estimate of drug-likeness (QED) is 0.911. The van der Waals surface area contributed by atoms with Crippen LogP contribution in [-0.4, -0.2) is 14.3 Å². The van der Waals surface area contributed by atoms with Gasteiger partial charge >= 0.3 is 0 Å². The number of halogens is 1. The van der Waals surface area contributed by atoms with Crippen LogP contribution in [0.15, 0.2) is 53.4 Å². The molecule has 1 amide bonds. The molecule has 0 atom stereocenters. The van der Waals surface area contributed by atoms with Crippen molar-refractivity contribution < 1.29 is 13.2 Å². The van der Waals surface area contributed by atoms with Crippen LogP contribution in [0.1, 0.15) is 17.5 Å². The molecule has 0 unspecified atom stereocenters. The number of rotatable bonds is 5. The SMILES string of the molecule is Cc1ccc(S(=O)(=O)NC(=O)CCc2ccc(Cl)cc2)cc1. The summed E-state index contributed by atoms with van der Waals surface area (Å²) in [4.78, 5) is 11.9. The predicted molar refractivity (Wildman–Crippen MR) is 86.3 cm³/mol. The van der Waals surface area contributed by atoms with E-state index in [4.69, 9.17) is 11.6 Å². The highest BCUT2D eigenvalue weighted by atomic mass is 35.5. The Balaban J connectivity index is 1.96. The average molecular weight is 338 g/mol. The van der Waals surface area contributed by atoms with Crippen LogP contribution in [-0.2, 0) is 21.2 Å². The van der Waals surface area contributed by atoms with Crippen LogP contribution in [0.2, 0.25) is 5.02 Å². The summed E-state index contributed by atoms with van der Waals surface area (Å²) in [7, 11) is -3.81. The first kappa shape index (κ1) is 16.5. The van der Waals surface area contributed by atoms with E-state index in [9.17, 15) is 13.2 Å². The number of carbonyl (C=O) groups is 1. The second-order valence-corrected chi connectivity index (χ2v) is 7.09. The monoisotopic (exact) mass is 337 g/mol. The molecule has 0 saturated heterocycles. The van der Waals surface area contributed by atoms with Crippen LogP contribution in [0.5, 0.6) is 0 Å². The third kappa shape index (κ3) is 4.58. The van der Waals surface area contributed by atoms with Gasteiger partial charge in [0.25, 0.3) is 10.0 Å². The lowest BCUT2D eigenvalue weighted by Gasteiger charge is -2.07. The Kier molecular flexibility index (Phi) is 5.21. The molecule has 0 spiro atoms. The zero-order valence-electron chi connectivity index (χ0n) is 12.0. The first-order valence-corrected chi connectivity index (χ1v) is 8.60. The molecule has 0 aliphatic rings. The summed E-state index contributed by atoms with van der Waals surface area (Å²) in [5.74, 6) is -0.532. The van der Waals surface area contributed by atoms with E-state index < -0.39 is 15.9 Å². The molecule has 2 aromatic carbocycles. The lowest BCUT2D eigenvalue weighted by atomic mass is 10.1. The molecule has 2 aromatic rings. The summed E-state index contributed by atoms with van der Waals surface area (Å²) in [5.41, 5.74) is 1.88.